The number of anilines is 1. The maximum atomic E-state index is 12.3. The first-order valence-corrected chi connectivity index (χ1v) is 8.92. The minimum absolute atomic E-state index is 0.368. The minimum Gasteiger partial charge on any atom is -0.497 e. The average Bonchev–Trinajstić information content (AvgIpc) is 2.56. The Balaban J connectivity index is 2.07. The predicted molar refractivity (Wildman–Crippen MR) is 101 cm³/mol. The molecule has 0 unspecified atom stereocenters. The predicted octanol–water partition coefficient (Wildman–Crippen LogP) is 5.00. The molecule has 25 heavy (non-hydrogen) atoms. The van der Waals surface area contributed by atoms with E-state index in [1.165, 1.54) is 0 Å². The van der Waals surface area contributed by atoms with Gasteiger partial charge in [-0.3, -0.25) is 4.90 Å². The summed E-state index contributed by atoms with van der Waals surface area (Å²) in [7, 11) is 1.65. The number of amides is 1. The fourth-order valence-corrected chi connectivity index (χ4v) is 2.85. The normalized spacial score (nSPS) is 11.1. The zero-order valence-corrected chi connectivity index (χ0v) is 16.1. The van der Waals surface area contributed by atoms with Crippen molar-refractivity contribution >= 4 is 23.5 Å². The van der Waals surface area contributed by atoms with Gasteiger partial charge in [0, 0.05) is 11.4 Å². The third-order valence-electron chi connectivity index (χ3n) is 3.24. The molecule has 0 saturated heterocycles. The molecule has 0 saturated carbocycles. The fraction of sp³-hybridized carbons (Fsp3) is 0.368. The van der Waals surface area contributed by atoms with Crippen molar-refractivity contribution in [3.8, 4) is 5.75 Å². The summed E-state index contributed by atoms with van der Waals surface area (Å²) < 4.78 is 10.6. The highest BCUT2D eigenvalue weighted by Gasteiger charge is 2.22. The highest BCUT2D eigenvalue weighted by molar-refractivity contribution is 7.99. The third kappa shape index (κ3) is 5.67. The second-order valence-corrected chi connectivity index (χ2v) is 7.45. The van der Waals surface area contributed by atoms with E-state index in [1.54, 1.807) is 30.0 Å². The molecule has 6 heteroatoms. The molecule has 0 radical (unpaired) electrons. The molecule has 1 aromatic carbocycles. The van der Waals surface area contributed by atoms with Crippen LogP contribution in [0.2, 0.25) is 0 Å². The maximum absolute atomic E-state index is 12.3. The summed E-state index contributed by atoms with van der Waals surface area (Å²) in [4.78, 5) is 19.4. The fourth-order valence-electron chi connectivity index (χ4n) is 2.09. The zero-order valence-electron chi connectivity index (χ0n) is 15.3. The second-order valence-electron chi connectivity index (χ2n) is 6.36. The number of aromatic nitrogens is 1. The summed E-state index contributed by atoms with van der Waals surface area (Å²) in [5, 5.41) is 0.856. The molecule has 2 rings (SSSR count). The van der Waals surface area contributed by atoms with Crippen LogP contribution < -0.4 is 9.64 Å². The Hall–Kier alpha value is -2.21. The largest absolute Gasteiger partial charge is 0.497 e. The molecule has 0 fully saturated rings. The number of pyridine rings is 1. The van der Waals surface area contributed by atoms with Crippen LogP contribution in [0.25, 0.3) is 0 Å². The number of nitrogens with zero attached hydrogens (tertiary/aromatic N) is 2. The Kier molecular flexibility index (Phi) is 6.31. The molecule has 0 bridgehead atoms. The summed E-state index contributed by atoms with van der Waals surface area (Å²) >= 11 is 1.55. The number of hydrogen-bond donors (Lipinski definition) is 0. The SMILES string of the molecule is CCN(C(=O)OC(C)(C)C)c1ccc(Sc2ccc(OC)cc2)nc1. The van der Waals surface area contributed by atoms with Crippen LogP contribution in [0.5, 0.6) is 5.75 Å². The molecule has 0 aliphatic rings. The van der Waals surface area contributed by atoms with Crippen LogP contribution in [0.3, 0.4) is 0 Å². The van der Waals surface area contributed by atoms with E-state index in [-0.39, 0.29) is 6.09 Å². The van der Waals surface area contributed by atoms with Crippen LogP contribution >= 0.6 is 11.8 Å². The van der Waals surface area contributed by atoms with Crippen LogP contribution in [-0.2, 0) is 4.74 Å². The molecular weight excluding hydrogens is 336 g/mol. The first-order chi connectivity index (χ1) is 11.8. The molecule has 134 valence electrons. The van der Waals surface area contributed by atoms with Gasteiger partial charge in [0.25, 0.3) is 0 Å². The van der Waals surface area contributed by atoms with Crippen molar-refractivity contribution in [1.29, 1.82) is 0 Å². The zero-order chi connectivity index (χ0) is 18.4. The van der Waals surface area contributed by atoms with Crippen LogP contribution in [0.1, 0.15) is 27.7 Å². The Labute approximate surface area is 153 Å². The van der Waals surface area contributed by atoms with Gasteiger partial charge in [0.2, 0.25) is 0 Å². The molecule has 1 amide bonds. The Morgan fingerprint density at radius 2 is 1.84 bits per heavy atom. The van der Waals surface area contributed by atoms with Crippen molar-refractivity contribution < 1.29 is 14.3 Å². The molecule has 0 aliphatic carbocycles. The van der Waals surface area contributed by atoms with Gasteiger partial charge in [-0.1, -0.05) is 11.8 Å². The van der Waals surface area contributed by atoms with Crippen LogP contribution in [0.15, 0.2) is 52.5 Å². The van der Waals surface area contributed by atoms with Crippen molar-refractivity contribution in [3.05, 3.63) is 42.6 Å². The van der Waals surface area contributed by atoms with Crippen LogP contribution in [-0.4, -0.2) is 30.3 Å². The molecule has 0 N–H and O–H groups in total. The maximum Gasteiger partial charge on any atom is 0.414 e. The molecule has 0 atom stereocenters. The summed E-state index contributed by atoms with van der Waals surface area (Å²) in [5.41, 5.74) is 0.193. The van der Waals surface area contributed by atoms with Gasteiger partial charge in [0.05, 0.1) is 19.0 Å². The number of methoxy groups -OCH3 is 1. The Morgan fingerprint density at radius 1 is 1.16 bits per heavy atom. The van der Waals surface area contributed by atoms with Gasteiger partial charge in [-0.2, -0.15) is 0 Å². The van der Waals surface area contributed by atoms with E-state index in [9.17, 15) is 4.79 Å². The van der Waals surface area contributed by atoms with E-state index >= 15 is 0 Å². The molecule has 0 spiro atoms. The van der Waals surface area contributed by atoms with E-state index in [0.717, 1.165) is 21.4 Å². The van der Waals surface area contributed by atoms with Crippen LogP contribution in [0, 0.1) is 0 Å². The number of carbonyl (C=O) groups is 1. The van der Waals surface area contributed by atoms with Gasteiger partial charge in [-0.15, -0.1) is 0 Å². The highest BCUT2D eigenvalue weighted by Crippen LogP contribution is 2.28. The van der Waals surface area contributed by atoms with Crippen molar-refractivity contribution in [2.24, 2.45) is 0 Å². The van der Waals surface area contributed by atoms with E-state index in [4.69, 9.17) is 9.47 Å². The van der Waals surface area contributed by atoms with Crippen molar-refractivity contribution in [2.75, 3.05) is 18.6 Å². The number of ether oxygens (including phenoxy) is 2. The molecule has 5 nitrogen and oxygen atoms in total. The van der Waals surface area contributed by atoms with Gasteiger partial charge in [0.1, 0.15) is 16.4 Å². The van der Waals surface area contributed by atoms with E-state index in [1.807, 2.05) is 64.1 Å². The van der Waals surface area contributed by atoms with Gasteiger partial charge < -0.3 is 9.47 Å². The quantitative estimate of drug-likeness (QED) is 0.751. The summed E-state index contributed by atoms with van der Waals surface area (Å²) in [6.45, 7) is 7.98. The van der Waals surface area contributed by atoms with Crippen molar-refractivity contribution in [2.45, 2.75) is 43.2 Å². The summed E-state index contributed by atoms with van der Waals surface area (Å²) in [6, 6.07) is 11.6. The second kappa shape index (κ2) is 8.25. The van der Waals surface area contributed by atoms with E-state index in [0.29, 0.717) is 6.54 Å². The van der Waals surface area contributed by atoms with Crippen LogP contribution in [0.4, 0.5) is 10.5 Å². The minimum atomic E-state index is -0.526. The van der Waals surface area contributed by atoms with Gasteiger partial charge in [-0.05, 0) is 64.1 Å². The lowest BCUT2D eigenvalue weighted by atomic mass is 10.2. The van der Waals surface area contributed by atoms with Crippen molar-refractivity contribution in [3.63, 3.8) is 0 Å². The molecular formula is C19H24N2O3S. The van der Waals surface area contributed by atoms with E-state index in [2.05, 4.69) is 4.98 Å². The van der Waals surface area contributed by atoms with Gasteiger partial charge in [-0.25, -0.2) is 9.78 Å². The summed E-state index contributed by atoms with van der Waals surface area (Å²) in [6.07, 6.45) is 1.33. The highest BCUT2D eigenvalue weighted by atomic mass is 32.2. The van der Waals surface area contributed by atoms with E-state index < -0.39 is 5.60 Å². The first-order valence-electron chi connectivity index (χ1n) is 8.11. The first kappa shape index (κ1) is 19.1. The lowest BCUT2D eigenvalue weighted by molar-refractivity contribution is 0.0582. The number of benzene rings is 1. The lowest BCUT2D eigenvalue weighted by Gasteiger charge is -2.26. The molecule has 1 aromatic heterocycles. The Morgan fingerprint density at radius 3 is 2.32 bits per heavy atom. The number of rotatable bonds is 5. The standard InChI is InChI=1S/C19H24N2O3S/c1-6-21(18(22)24-19(2,3)4)14-7-12-17(20-13-14)25-16-10-8-15(23-5)9-11-16/h7-13H,6H2,1-5H3. The lowest BCUT2D eigenvalue weighted by Crippen LogP contribution is -2.36. The third-order valence-corrected chi connectivity index (χ3v) is 4.20. The number of carbonyl (C=O) groups excluding carboxylic acids is 1. The molecule has 2 aromatic rings. The topological polar surface area (TPSA) is 51.7 Å². The smallest absolute Gasteiger partial charge is 0.414 e. The van der Waals surface area contributed by atoms with Crippen molar-refractivity contribution in [1.82, 2.24) is 4.98 Å². The average molecular weight is 360 g/mol. The molecule has 1 heterocycles. The van der Waals surface area contributed by atoms with Gasteiger partial charge in [0.15, 0.2) is 0 Å². The number of hydrogen-bond acceptors (Lipinski definition) is 5. The Bertz CT molecular complexity index is 694. The van der Waals surface area contributed by atoms with Gasteiger partial charge >= 0.3 is 6.09 Å². The molecule has 0 aliphatic heterocycles. The monoisotopic (exact) mass is 360 g/mol. The summed E-state index contributed by atoms with van der Waals surface area (Å²) in [5.74, 6) is 0.823.